The number of thioether (sulfide) groups is 1. The number of ether oxygens (including phenoxy) is 2. The molecule has 0 saturated carbocycles. The Morgan fingerprint density at radius 3 is 3.20 bits per heavy atom. The molecule has 0 fully saturated rings. The van der Waals surface area contributed by atoms with Crippen molar-refractivity contribution in [2.24, 2.45) is 5.73 Å². The van der Waals surface area contributed by atoms with Crippen molar-refractivity contribution in [2.75, 3.05) is 19.6 Å². The molecule has 3 nitrogen and oxygen atoms in total. The summed E-state index contributed by atoms with van der Waals surface area (Å²) in [5, 5.41) is 0. The van der Waals surface area contributed by atoms with E-state index in [0.29, 0.717) is 12.5 Å². The van der Waals surface area contributed by atoms with E-state index in [4.69, 9.17) is 15.2 Å². The van der Waals surface area contributed by atoms with Crippen LogP contribution in [0.5, 0.6) is 11.5 Å². The highest BCUT2D eigenvalue weighted by Gasteiger charge is 2.15. The second-order valence-corrected chi connectivity index (χ2v) is 4.05. The summed E-state index contributed by atoms with van der Waals surface area (Å²) in [5.41, 5.74) is 6.42. The number of hydrogen-bond acceptors (Lipinski definition) is 4. The summed E-state index contributed by atoms with van der Waals surface area (Å²) < 4.78 is 10.8. The van der Waals surface area contributed by atoms with E-state index in [1.807, 2.05) is 24.3 Å². The summed E-state index contributed by atoms with van der Waals surface area (Å²) >= 11 is 1.68. The number of nitrogens with two attached hydrogens (primary N) is 1. The molecule has 1 aromatic rings. The minimum absolute atomic E-state index is 0.524. The Bertz CT molecular complexity index is 390. The lowest BCUT2D eigenvalue weighted by Crippen LogP contribution is -1.93. The fourth-order valence-electron chi connectivity index (χ4n) is 1.44. The lowest BCUT2D eigenvalue weighted by atomic mass is 10.1. The first kappa shape index (κ1) is 10.4. The van der Waals surface area contributed by atoms with Crippen molar-refractivity contribution in [3.05, 3.63) is 23.8 Å². The van der Waals surface area contributed by atoms with Crippen LogP contribution in [0.25, 0.3) is 6.08 Å². The van der Waals surface area contributed by atoms with Crippen molar-refractivity contribution in [3.63, 3.8) is 0 Å². The van der Waals surface area contributed by atoms with Gasteiger partial charge in [-0.05, 0) is 12.1 Å². The Balaban J connectivity index is 2.39. The highest BCUT2D eigenvalue weighted by atomic mass is 32.2. The van der Waals surface area contributed by atoms with Crippen LogP contribution >= 0.6 is 11.8 Å². The largest absolute Gasteiger partial charge is 0.496 e. The van der Waals surface area contributed by atoms with Gasteiger partial charge < -0.3 is 15.2 Å². The summed E-state index contributed by atoms with van der Waals surface area (Å²) in [6, 6.07) is 3.99. The first-order chi connectivity index (χ1) is 7.35. The zero-order valence-corrected chi connectivity index (χ0v) is 9.34. The van der Waals surface area contributed by atoms with Gasteiger partial charge >= 0.3 is 0 Å². The SMILES string of the molecule is COc1cc2c(cc1/C=C/CN)OCS2. The molecule has 1 aliphatic heterocycles. The van der Waals surface area contributed by atoms with Crippen LogP contribution in [0.3, 0.4) is 0 Å². The van der Waals surface area contributed by atoms with Crippen LogP contribution in [-0.2, 0) is 0 Å². The third kappa shape index (κ3) is 2.11. The third-order valence-corrected chi connectivity index (χ3v) is 3.02. The summed E-state index contributed by atoms with van der Waals surface area (Å²) in [5.74, 6) is 2.47. The molecule has 2 N–H and O–H groups in total. The Kier molecular flexibility index (Phi) is 3.18. The Morgan fingerprint density at radius 1 is 1.60 bits per heavy atom. The minimum atomic E-state index is 0.524. The van der Waals surface area contributed by atoms with Crippen molar-refractivity contribution >= 4 is 17.8 Å². The van der Waals surface area contributed by atoms with Gasteiger partial charge in [0.2, 0.25) is 0 Å². The van der Waals surface area contributed by atoms with Gasteiger partial charge in [0, 0.05) is 12.1 Å². The predicted octanol–water partition coefficient (Wildman–Crippen LogP) is 2.11. The number of benzene rings is 1. The van der Waals surface area contributed by atoms with Gasteiger partial charge in [-0.2, -0.15) is 0 Å². The van der Waals surface area contributed by atoms with Crippen LogP contribution in [0.15, 0.2) is 23.1 Å². The molecule has 1 aliphatic rings. The molecular formula is C11H13NO2S. The maximum absolute atomic E-state index is 5.46. The average Bonchev–Trinajstić information content (AvgIpc) is 2.71. The molecule has 80 valence electrons. The monoisotopic (exact) mass is 223 g/mol. The smallest absolute Gasteiger partial charge is 0.138 e. The first-order valence-corrected chi connectivity index (χ1v) is 5.68. The van der Waals surface area contributed by atoms with Gasteiger partial charge in [0.05, 0.1) is 12.0 Å². The van der Waals surface area contributed by atoms with E-state index in [0.717, 1.165) is 22.0 Å². The lowest BCUT2D eigenvalue weighted by Gasteiger charge is -2.06. The number of fused-ring (bicyclic) bond motifs is 1. The van der Waals surface area contributed by atoms with E-state index >= 15 is 0 Å². The summed E-state index contributed by atoms with van der Waals surface area (Å²) in [6.07, 6.45) is 3.85. The normalized spacial score (nSPS) is 14.0. The standard InChI is InChI=1S/C11H13NO2S/c1-13-9-6-11-10(14-7-15-11)5-8(9)3-2-4-12/h2-3,5-6H,4,7,12H2,1H3/b3-2+. The van der Waals surface area contributed by atoms with Crippen molar-refractivity contribution in [2.45, 2.75) is 4.90 Å². The third-order valence-electron chi connectivity index (χ3n) is 2.16. The van der Waals surface area contributed by atoms with E-state index in [2.05, 4.69) is 0 Å². The van der Waals surface area contributed by atoms with Crippen molar-refractivity contribution < 1.29 is 9.47 Å². The van der Waals surface area contributed by atoms with Gasteiger partial charge in [-0.15, -0.1) is 0 Å². The van der Waals surface area contributed by atoms with Crippen molar-refractivity contribution in [3.8, 4) is 11.5 Å². The maximum Gasteiger partial charge on any atom is 0.138 e. The van der Waals surface area contributed by atoms with Crippen LogP contribution in [0.1, 0.15) is 5.56 Å². The molecule has 15 heavy (non-hydrogen) atoms. The summed E-state index contributed by atoms with van der Waals surface area (Å²) in [4.78, 5) is 1.14. The fraction of sp³-hybridized carbons (Fsp3) is 0.273. The number of hydrogen-bond donors (Lipinski definition) is 1. The average molecular weight is 223 g/mol. The van der Waals surface area contributed by atoms with E-state index < -0.39 is 0 Å². The van der Waals surface area contributed by atoms with E-state index in [1.165, 1.54) is 0 Å². The highest BCUT2D eigenvalue weighted by molar-refractivity contribution is 7.99. The van der Waals surface area contributed by atoms with Gasteiger partial charge in [-0.3, -0.25) is 0 Å². The van der Waals surface area contributed by atoms with Crippen molar-refractivity contribution in [1.82, 2.24) is 0 Å². The number of rotatable bonds is 3. The molecule has 0 bridgehead atoms. The Hall–Kier alpha value is -1.13. The quantitative estimate of drug-likeness (QED) is 0.852. The molecule has 4 heteroatoms. The molecule has 1 heterocycles. The van der Waals surface area contributed by atoms with Gasteiger partial charge in [0.15, 0.2) is 0 Å². The highest BCUT2D eigenvalue weighted by Crippen LogP contribution is 2.40. The van der Waals surface area contributed by atoms with Crippen LogP contribution in [-0.4, -0.2) is 19.6 Å². The zero-order valence-electron chi connectivity index (χ0n) is 8.53. The second-order valence-electron chi connectivity index (χ2n) is 3.09. The van der Waals surface area contributed by atoms with E-state index in [-0.39, 0.29) is 0 Å². The molecule has 0 amide bonds. The molecule has 0 aromatic heterocycles. The molecular weight excluding hydrogens is 210 g/mol. The van der Waals surface area contributed by atoms with Gasteiger partial charge in [0.25, 0.3) is 0 Å². The second kappa shape index (κ2) is 4.59. The van der Waals surface area contributed by atoms with Crippen molar-refractivity contribution in [1.29, 1.82) is 0 Å². The van der Waals surface area contributed by atoms with E-state index in [1.54, 1.807) is 18.9 Å². The van der Waals surface area contributed by atoms with Crippen LogP contribution in [0, 0.1) is 0 Å². The van der Waals surface area contributed by atoms with Gasteiger partial charge in [-0.1, -0.05) is 23.9 Å². The predicted molar refractivity (Wildman–Crippen MR) is 62.4 cm³/mol. The zero-order chi connectivity index (χ0) is 10.7. The molecule has 0 unspecified atom stereocenters. The van der Waals surface area contributed by atoms with Gasteiger partial charge in [0.1, 0.15) is 17.4 Å². The number of methoxy groups -OCH3 is 1. The lowest BCUT2D eigenvalue weighted by molar-refractivity contribution is 0.390. The maximum atomic E-state index is 5.46. The Morgan fingerprint density at radius 2 is 2.47 bits per heavy atom. The molecule has 2 rings (SSSR count). The van der Waals surface area contributed by atoms with Crippen LogP contribution < -0.4 is 15.2 Å². The van der Waals surface area contributed by atoms with Gasteiger partial charge in [-0.25, -0.2) is 0 Å². The molecule has 1 aromatic carbocycles. The molecule has 0 radical (unpaired) electrons. The molecule has 0 saturated heterocycles. The first-order valence-electron chi connectivity index (χ1n) is 4.69. The van der Waals surface area contributed by atoms with Crippen LogP contribution in [0.4, 0.5) is 0 Å². The summed E-state index contributed by atoms with van der Waals surface area (Å²) in [6.45, 7) is 0.524. The summed E-state index contributed by atoms with van der Waals surface area (Å²) in [7, 11) is 1.67. The molecule has 0 atom stereocenters. The molecule has 0 aliphatic carbocycles. The fourth-order valence-corrected chi connectivity index (χ4v) is 2.20. The van der Waals surface area contributed by atoms with Crippen LogP contribution in [0.2, 0.25) is 0 Å². The minimum Gasteiger partial charge on any atom is -0.496 e. The van der Waals surface area contributed by atoms with E-state index in [9.17, 15) is 0 Å². The molecule has 0 spiro atoms. The topological polar surface area (TPSA) is 44.5 Å². The Labute approximate surface area is 93.3 Å².